The van der Waals surface area contributed by atoms with E-state index in [4.69, 9.17) is 28.9 Å². The molecule has 164 valence electrons. The third kappa shape index (κ3) is 3.72. The van der Waals surface area contributed by atoms with Crippen LogP contribution in [0.25, 0.3) is 22.2 Å². The zero-order chi connectivity index (χ0) is 23.2. The predicted molar refractivity (Wildman–Crippen MR) is 131 cm³/mol. The fourth-order valence-electron chi connectivity index (χ4n) is 3.44. The van der Waals surface area contributed by atoms with Gasteiger partial charge in [0.05, 0.1) is 32.2 Å². The Hall–Kier alpha value is -3.46. The highest BCUT2D eigenvalue weighted by Gasteiger charge is 2.30. The highest BCUT2D eigenvalue weighted by molar-refractivity contribution is 7.92. The zero-order valence-corrected chi connectivity index (χ0v) is 19.2. The number of nitrogen functional groups attached to an aromatic ring is 1. The van der Waals surface area contributed by atoms with Gasteiger partial charge in [-0.3, -0.25) is 0 Å². The van der Waals surface area contributed by atoms with Crippen LogP contribution >= 0.6 is 23.2 Å². The van der Waals surface area contributed by atoms with Crippen LogP contribution in [0.5, 0.6) is 0 Å². The SMILES string of the molecule is Nc1c(S(=O)(=O)c2ccccc2)c2nc3ccccc3nc2n1/N=C/c1ccc(Cl)c(Cl)c1. The van der Waals surface area contributed by atoms with E-state index < -0.39 is 9.84 Å². The molecule has 0 atom stereocenters. The van der Waals surface area contributed by atoms with E-state index in [-0.39, 0.29) is 26.8 Å². The highest BCUT2D eigenvalue weighted by Crippen LogP contribution is 2.35. The molecule has 5 aromatic rings. The number of benzene rings is 3. The predicted octanol–water partition coefficient (Wildman–Crippen LogP) is 5.19. The largest absolute Gasteiger partial charge is 0.382 e. The number of hydrogen-bond donors (Lipinski definition) is 1. The average molecular weight is 496 g/mol. The van der Waals surface area contributed by atoms with E-state index >= 15 is 0 Å². The van der Waals surface area contributed by atoms with E-state index in [1.807, 2.05) is 6.07 Å². The molecule has 0 saturated heterocycles. The van der Waals surface area contributed by atoms with E-state index in [0.717, 1.165) is 0 Å². The number of rotatable bonds is 4. The van der Waals surface area contributed by atoms with Gasteiger partial charge in [-0.2, -0.15) is 9.78 Å². The second-order valence-electron chi connectivity index (χ2n) is 7.15. The van der Waals surface area contributed by atoms with E-state index in [1.54, 1.807) is 54.6 Å². The number of anilines is 1. The number of sulfone groups is 1. The van der Waals surface area contributed by atoms with Gasteiger partial charge in [-0.1, -0.05) is 59.6 Å². The van der Waals surface area contributed by atoms with Crippen molar-refractivity contribution in [1.29, 1.82) is 0 Å². The Morgan fingerprint density at radius 2 is 1.55 bits per heavy atom. The molecular formula is C23H15Cl2N5O2S. The van der Waals surface area contributed by atoms with Crippen molar-refractivity contribution in [2.24, 2.45) is 5.10 Å². The molecule has 0 aliphatic rings. The second-order valence-corrected chi connectivity index (χ2v) is 9.85. The Labute approximate surface area is 199 Å². The fourth-order valence-corrected chi connectivity index (χ4v) is 5.25. The molecule has 0 unspecified atom stereocenters. The van der Waals surface area contributed by atoms with Crippen molar-refractivity contribution in [1.82, 2.24) is 14.6 Å². The van der Waals surface area contributed by atoms with E-state index in [0.29, 0.717) is 26.6 Å². The molecule has 0 aliphatic heterocycles. The maximum Gasteiger partial charge on any atom is 0.212 e. The maximum atomic E-state index is 13.5. The number of hydrogen-bond acceptors (Lipinski definition) is 6. The summed E-state index contributed by atoms with van der Waals surface area (Å²) < 4.78 is 28.3. The number of nitrogens with two attached hydrogens (primary N) is 1. The lowest BCUT2D eigenvalue weighted by Crippen LogP contribution is -2.06. The number of halogens is 2. The van der Waals surface area contributed by atoms with E-state index in [2.05, 4.69) is 15.1 Å². The highest BCUT2D eigenvalue weighted by atomic mass is 35.5. The van der Waals surface area contributed by atoms with Gasteiger partial charge in [0, 0.05) is 0 Å². The molecule has 0 radical (unpaired) electrons. The van der Waals surface area contributed by atoms with E-state index in [9.17, 15) is 8.42 Å². The summed E-state index contributed by atoms with van der Waals surface area (Å²) >= 11 is 12.1. The van der Waals surface area contributed by atoms with Crippen LogP contribution in [0.3, 0.4) is 0 Å². The van der Waals surface area contributed by atoms with Crippen LogP contribution in [0.2, 0.25) is 10.0 Å². The van der Waals surface area contributed by atoms with Gasteiger partial charge in [0.1, 0.15) is 16.2 Å². The fraction of sp³-hybridized carbons (Fsp3) is 0. The van der Waals surface area contributed by atoms with Crippen LogP contribution in [0.4, 0.5) is 5.82 Å². The molecule has 0 aliphatic carbocycles. The number of fused-ring (bicyclic) bond motifs is 2. The lowest BCUT2D eigenvalue weighted by atomic mass is 10.2. The van der Waals surface area contributed by atoms with Gasteiger partial charge in [0.25, 0.3) is 0 Å². The van der Waals surface area contributed by atoms with Crippen LogP contribution in [0, 0.1) is 0 Å². The summed E-state index contributed by atoms with van der Waals surface area (Å²) in [7, 11) is -4.00. The Balaban J connectivity index is 1.79. The van der Waals surface area contributed by atoms with Crippen molar-refractivity contribution in [3.8, 4) is 0 Å². The van der Waals surface area contributed by atoms with Gasteiger partial charge in [-0.25, -0.2) is 18.4 Å². The van der Waals surface area contributed by atoms with Crippen LogP contribution in [-0.4, -0.2) is 29.3 Å². The average Bonchev–Trinajstić information content (AvgIpc) is 3.09. The van der Waals surface area contributed by atoms with Crippen molar-refractivity contribution < 1.29 is 8.42 Å². The molecule has 7 nitrogen and oxygen atoms in total. The lowest BCUT2D eigenvalue weighted by molar-refractivity contribution is 0.597. The van der Waals surface area contributed by atoms with Crippen molar-refractivity contribution in [3.63, 3.8) is 0 Å². The number of nitrogens with zero attached hydrogens (tertiary/aromatic N) is 4. The molecule has 2 heterocycles. The summed E-state index contributed by atoms with van der Waals surface area (Å²) in [6.45, 7) is 0. The number of aromatic nitrogens is 3. The molecule has 2 aromatic heterocycles. The first kappa shape index (κ1) is 21.4. The topological polar surface area (TPSA) is 103 Å². The molecular weight excluding hydrogens is 481 g/mol. The Morgan fingerprint density at radius 1 is 0.879 bits per heavy atom. The minimum Gasteiger partial charge on any atom is -0.382 e. The van der Waals surface area contributed by atoms with Gasteiger partial charge in [-0.15, -0.1) is 0 Å². The smallest absolute Gasteiger partial charge is 0.212 e. The summed E-state index contributed by atoms with van der Waals surface area (Å²) in [6.07, 6.45) is 1.49. The maximum absolute atomic E-state index is 13.5. The summed E-state index contributed by atoms with van der Waals surface area (Å²) in [5.41, 5.74) is 8.49. The Kier molecular flexibility index (Phi) is 5.28. The third-order valence-electron chi connectivity index (χ3n) is 5.02. The first-order valence-corrected chi connectivity index (χ1v) is 12.0. The van der Waals surface area contributed by atoms with Crippen molar-refractivity contribution >= 4 is 67.3 Å². The molecule has 33 heavy (non-hydrogen) atoms. The molecule has 0 fully saturated rings. The summed E-state index contributed by atoms with van der Waals surface area (Å²) in [5, 5.41) is 5.18. The van der Waals surface area contributed by atoms with Crippen LogP contribution in [0.1, 0.15) is 5.56 Å². The van der Waals surface area contributed by atoms with Gasteiger partial charge in [0.2, 0.25) is 9.84 Å². The molecule has 2 N–H and O–H groups in total. The Bertz CT molecular complexity index is 1670. The van der Waals surface area contributed by atoms with Crippen LogP contribution in [-0.2, 0) is 9.84 Å². The lowest BCUT2D eigenvalue weighted by Gasteiger charge is -2.04. The minimum atomic E-state index is -4.00. The molecule has 5 rings (SSSR count). The second kappa shape index (κ2) is 8.15. The Morgan fingerprint density at radius 3 is 2.24 bits per heavy atom. The normalized spacial score (nSPS) is 12.2. The summed E-state index contributed by atoms with van der Waals surface area (Å²) in [6, 6.07) is 20.2. The molecule has 10 heteroatoms. The first-order valence-electron chi connectivity index (χ1n) is 9.72. The summed E-state index contributed by atoms with van der Waals surface area (Å²) in [5.74, 6) is -0.0968. The van der Waals surface area contributed by atoms with E-state index in [1.165, 1.54) is 23.0 Å². The minimum absolute atomic E-state index is 0.0965. The standard InChI is InChI=1S/C23H15Cl2N5O2S/c24-16-11-10-14(12-17(16)25)13-27-30-22(26)21(33(31,32)15-6-2-1-3-7-15)20-23(30)29-19-9-5-4-8-18(19)28-20/h1-13H,26H2/b27-13+. The van der Waals surface area contributed by atoms with Gasteiger partial charge < -0.3 is 5.73 Å². The monoisotopic (exact) mass is 495 g/mol. The molecule has 0 amide bonds. The van der Waals surface area contributed by atoms with Gasteiger partial charge >= 0.3 is 0 Å². The quantitative estimate of drug-likeness (QED) is 0.345. The first-order chi connectivity index (χ1) is 15.9. The molecule has 0 saturated carbocycles. The third-order valence-corrected chi connectivity index (χ3v) is 7.59. The van der Waals surface area contributed by atoms with Crippen molar-refractivity contribution in [2.75, 3.05) is 5.73 Å². The van der Waals surface area contributed by atoms with Gasteiger partial charge in [-0.05, 0) is 42.0 Å². The molecule has 3 aromatic carbocycles. The summed E-state index contributed by atoms with van der Waals surface area (Å²) in [4.78, 5) is 9.13. The zero-order valence-electron chi connectivity index (χ0n) is 16.9. The molecule has 0 spiro atoms. The number of para-hydroxylation sites is 2. The van der Waals surface area contributed by atoms with Crippen molar-refractivity contribution in [2.45, 2.75) is 9.79 Å². The molecule has 0 bridgehead atoms. The van der Waals surface area contributed by atoms with Crippen LogP contribution < -0.4 is 5.73 Å². The van der Waals surface area contributed by atoms with Crippen LogP contribution in [0.15, 0.2) is 87.7 Å². The van der Waals surface area contributed by atoms with Crippen molar-refractivity contribution in [3.05, 3.63) is 88.4 Å². The van der Waals surface area contributed by atoms with Gasteiger partial charge in [0.15, 0.2) is 5.65 Å².